The molecule has 96 valence electrons. The first-order valence-electron chi connectivity index (χ1n) is 5.77. The first kappa shape index (κ1) is 12.4. The molecular formula is C14H11BrN2OS. The fourth-order valence-corrected chi connectivity index (χ4v) is 3.18. The number of rotatable bonds is 4. The summed E-state index contributed by atoms with van der Waals surface area (Å²) in [7, 11) is 0. The molecule has 0 unspecified atom stereocenters. The Morgan fingerprint density at radius 3 is 2.68 bits per heavy atom. The van der Waals surface area contributed by atoms with Gasteiger partial charge in [-0.2, -0.15) is 0 Å². The third-order valence-corrected chi connectivity index (χ3v) is 4.67. The highest BCUT2D eigenvalue weighted by Gasteiger charge is 2.03. The first-order chi connectivity index (χ1) is 9.33. The van der Waals surface area contributed by atoms with E-state index in [0.29, 0.717) is 0 Å². The molecule has 0 aliphatic rings. The van der Waals surface area contributed by atoms with Crippen LogP contribution < -0.4 is 5.32 Å². The van der Waals surface area contributed by atoms with Crippen LogP contribution in [0.15, 0.2) is 57.2 Å². The zero-order valence-electron chi connectivity index (χ0n) is 9.97. The largest absolute Gasteiger partial charge is 0.444 e. The number of hydrogen-bond donors (Lipinski definition) is 1. The van der Waals surface area contributed by atoms with Gasteiger partial charge in [0.25, 0.3) is 0 Å². The van der Waals surface area contributed by atoms with Gasteiger partial charge in [0, 0.05) is 20.6 Å². The molecule has 1 aromatic carbocycles. The minimum atomic E-state index is 0.785. The second kappa shape index (κ2) is 5.59. The van der Waals surface area contributed by atoms with Crippen molar-refractivity contribution < 1.29 is 4.42 Å². The van der Waals surface area contributed by atoms with Crippen LogP contribution in [0, 0.1) is 0 Å². The zero-order valence-corrected chi connectivity index (χ0v) is 12.4. The number of nitrogens with one attached hydrogen (secondary N) is 1. The van der Waals surface area contributed by atoms with Crippen LogP contribution in [0.5, 0.6) is 0 Å². The number of benzene rings is 1. The summed E-state index contributed by atoms with van der Waals surface area (Å²) in [5.41, 5.74) is 2.11. The van der Waals surface area contributed by atoms with Crippen LogP contribution in [0.2, 0.25) is 0 Å². The van der Waals surface area contributed by atoms with E-state index < -0.39 is 0 Å². The van der Waals surface area contributed by atoms with E-state index in [1.54, 1.807) is 17.5 Å². The van der Waals surface area contributed by atoms with Crippen molar-refractivity contribution in [2.45, 2.75) is 6.54 Å². The summed E-state index contributed by atoms with van der Waals surface area (Å²) < 4.78 is 6.41. The summed E-state index contributed by atoms with van der Waals surface area (Å²) in [5, 5.41) is 5.47. The molecule has 0 bridgehead atoms. The van der Waals surface area contributed by atoms with Gasteiger partial charge in [-0.25, -0.2) is 4.98 Å². The molecule has 0 fully saturated rings. The third-order valence-electron chi connectivity index (χ3n) is 2.75. The molecule has 0 aliphatic heterocycles. The number of thiophene rings is 1. The van der Waals surface area contributed by atoms with Crippen molar-refractivity contribution in [1.29, 1.82) is 0 Å². The number of halogens is 1. The van der Waals surface area contributed by atoms with E-state index in [9.17, 15) is 0 Å². The summed E-state index contributed by atoms with van der Waals surface area (Å²) in [4.78, 5) is 5.21. The summed E-state index contributed by atoms with van der Waals surface area (Å²) in [5.74, 6) is 0.785. The van der Waals surface area contributed by atoms with Gasteiger partial charge in [0.05, 0.1) is 12.7 Å². The van der Waals surface area contributed by atoms with Crippen LogP contribution in [-0.2, 0) is 6.54 Å². The molecule has 0 atom stereocenters. The topological polar surface area (TPSA) is 38.1 Å². The van der Waals surface area contributed by atoms with E-state index in [1.165, 1.54) is 11.3 Å². The molecule has 0 saturated carbocycles. The molecule has 3 rings (SSSR count). The molecule has 0 saturated heterocycles. The Balaban J connectivity index is 1.68. The maximum Gasteiger partial charge on any atom is 0.181 e. The molecule has 0 amide bonds. The maximum atomic E-state index is 5.26. The van der Waals surface area contributed by atoms with Gasteiger partial charge in [0.1, 0.15) is 0 Å². The molecule has 2 heterocycles. The van der Waals surface area contributed by atoms with Gasteiger partial charge in [-0.05, 0) is 51.6 Å². The van der Waals surface area contributed by atoms with Crippen LogP contribution >= 0.6 is 27.3 Å². The second-order valence-electron chi connectivity index (χ2n) is 3.99. The lowest BCUT2D eigenvalue weighted by molar-refractivity contribution is 0.572. The molecule has 2 aromatic heterocycles. The summed E-state index contributed by atoms with van der Waals surface area (Å²) in [6.45, 7) is 0.819. The summed E-state index contributed by atoms with van der Waals surface area (Å²) >= 11 is 5.27. The molecule has 0 spiro atoms. The SMILES string of the molecule is Brc1ccsc1CNc1ccc(-c2cnco2)cc1. The third kappa shape index (κ3) is 2.88. The number of hydrogen-bond acceptors (Lipinski definition) is 4. The molecule has 0 radical (unpaired) electrons. The van der Waals surface area contributed by atoms with Crippen molar-refractivity contribution in [1.82, 2.24) is 4.98 Å². The highest BCUT2D eigenvalue weighted by molar-refractivity contribution is 9.10. The van der Waals surface area contributed by atoms with Crippen molar-refractivity contribution in [3.63, 3.8) is 0 Å². The van der Waals surface area contributed by atoms with Crippen molar-refractivity contribution in [3.8, 4) is 11.3 Å². The maximum absolute atomic E-state index is 5.26. The number of aromatic nitrogens is 1. The smallest absolute Gasteiger partial charge is 0.181 e. The standard InChI is InChI=1S/C14H11BrN2OS/c15-12-5-6-19-14(12)8-17-11-3-1-10(2-4-11)13-7-16-9-18-13/h1-7,9,17H,8H2. The lowest BCUT2D eigenvalue weighted by Gasteiger charge is -2.06. The quantitative estimate of drug-likeness (QED) is 0.746. The van der Waals surface area contributed by atoms with Gasteiger partial charge >= 0.3 is 0 Å². The minimum Gasteiger partial charge on any atom is -0.444 e. The Morgan fingerprint density at radius 1 is 1.21 bits per heavy atom. The predicted molar refractivity (Wildman–Crippen MR) is 81.3 cm³/mol. The van der Waals surface area contributed by atoms with Gasteiger partial charge in [0.2, 0.25) is 0 Å². The average molecular weight is 335 g/mol. The number of oxazole rings is 1. The molecule has 1 N–H and O–H groups in total. The molecular weight excluding hydrogens is 324 g/mol. The van der Waals surface area contributed by atoms with E-state index in [0.717, 1.165) is 28.0 Å². The van der Waals surface area contributed by atoms with E-state index in [-0.39, 0.29) is 0 Å². The Kier molecular flexibility index (Phi) is 3.66. The molecule has 0 aliphatic carbocycles. The monoisotopic (exact) mass is 334 g/mol. The molecule has 3 aromatic rings. The molecule has 3 nitrogen and oxygen atoms in total. The van der Waals surface area contributed by atoms with Crippen LogP contribution in [0.25, 0.3) is 11.3 Å². The Hall–Kier alpha value is -1.59. The minimum absolute atomic E-state index is 0.785. The Morgan fingerprint density at radius 2 is 2.05 bits per heavy atom. The van der Waals surface area contributed by atoms with Crippen molar-refractivity contribution in [2.24, 2.45) is 0 Å². The number of nitrogens with zero attached hydrogens (tertiary/aromatic N) is 1. The van der Waals surface area contributed by atoms with E-state index >= 15 is 0 Å². The van der Waals surface area contributed by atoms with Crippen LogP contribution in [0.4, 0.5) is 5.69 Å². The van der Waals surface area contributed by atoms with Gasteiger partial charge in [-0.15, -0.1) is 11.3 Å². The van der Waals surface area contributed by atoms with Gasteiger partial charge in [-0.3, -0.25) is 0 Å². The van der Waals surface area contributed by atoms with Crippen molar-refractivity contribution in [3.05, 3.63) is 57.7 Å². The lowest BCUT2D eigenvalue weighted by Crippen LogP contribution is -1.97. The molecule has 19 heavy (non-hydrogen) atoms. The van der Waals surface area contributed by atoms with Crippen molar-refractivity contribution in [2.75, 3.05) is 5.32 Å². The van der Waals surface area contributed by atoms with E-state index in [2.05, 4.69) is 37.7 Å². The van der Waals surface area contributed by atoms with Crippen LogP contribution in [-0.4, -0.2) is 4.98 Å². The summed E-state index contributed by atoms with van der Waals surface area (Å²) in [6.07, 6.45) is 3.15. The van der Waals surface area contributed by atoms with Gasteiger partial charge in [0.15, 0.2) is 12.2 Å². The van der Waals surface area contributed by atoms with E-state index in [1.807, 2.05) is 24.3 Å². The lowest BCUT2D eigenvalue weighted by atomic mass is 10.2. The normalized spacial score (nSPS) is 10.6. The first-order valence-corrected chi connectivity index (χ1v) is 7.45. The average Bonchev–Trinajstić information content (AvgIpc) is 3.09. The van der Waals surface area contributed by atoms with E-state index in [4.69, 9.17) is 4.42 Å². The Bertz CT molecular complexity index is 646. The Labute approximate surface area is 123 Å². The van der Waals surface area contributed by atoms with Gasteiger partial charge < -0.3 is 9.73 Å². The second-order valence-corrected chi connectivity index (χ2v) is 5.84. The fraction of sp³-hybridized carbons (Fsp3) is 0.0714. The van der Waals surface area contributed by atoms with Gasteiger partial charge in [-0.1, -0.05) is 0 Å². The zero-order chi connectivity index (χ0) is 13.1. The van der Waals surface area contributed by atoms with Crippen LogP contribution in [0.1, 0.15) is 4.88 Å². The van der Waals surface area contributed by atoms with Crippen LogP contribution in [0.3, 0.4) is 0 Å². The molecule has 5 heteroatoms. The summed E-state index contributed by atoms with van der Waals surface area (Å²) in [6, 6.07) is 10.2. The van der Waals surface area contributed by atoms with Crippen molar-refractivity contribution >= 4 is 33.0 Å². The highest BCUT2D eigenvalue weighted by Crippen LogP contribution is 2.25. The highest BCUT2D eigenvalue weighted by atomic mass is 79.9. The number of anilines is 1. The fourth-order valence-electron chi connectivity index (χ4n) is 1.74. The predicted octanol–water partition coefficient (Wildman–Crippen LogP) is 4.78.